The lowest BCUT2D eigenvalue weighted by Crippen LogP contribution is -2.47. The molecule has 0 radical (unpaired) electrons. The number of anilines is 1. The van der Waals surface area contributed by atoms with Gasteiger partial charge in [0.15, 0.2) is 0 Å². The number of methoxy groups -OCH3 is 1. The second-order valence-electron chi connectivity index (χ2n) is 11.8. The molecule has 1 saturated heterocycles. The highest BCUT2D eigenvalue weighted by atomic mass is 19.1. The summed E-state index contributed by atoms with van der Waals surface area (Å²) in [4.78, 5) is 28.2. The Morgan fingerprint density at radius 2 is 1.87 bits per heavy atom. The molecule has 2 amide bonds. The molecule has 2 fully saturated rings. The van der Waals surface area contributed by atoms with Crippen molar-refractivity contribution in [2.45, 2.75) is 96.2 Å². The normalized spacial score (nSPS) is 23.6. The summed E-state index contributed by atoms with van der Waals surface area (Å²) in [5.41, 5.74) is 2.88. The molecule has 0 N–H and O–H groups in total. The lowest BCUT2D eigenvalue weighted by molar-refractivity contribution is 0.00575. The molecular weight excluding hydrogens is 503 g/mol. The van der Waals surface area contributed by atoms with Crippen LogP contribution in [0.4, 0.5) is 19.7 Å². The van der Waals surface area contributed by atoms with Crippen molar-refractivity contribution < 1.29 is 28.2 Å². The third kappa shape index (κ3) is 5.56. The summed E-state index contributed by atoms with van der Waals surface area (Å²) >= 11 is 0. The number of benzene rings is 1. The van der Waals surface area contributed by atoms with E-state index in [-0.39, 0.29) is 24.8 Å². The third-order valence-electron chi connectivity index (χ3n) is 7.87. The largest absolute Gasteiger partial charge is 0.489 e. The Morgan fingerprint density at radius 3 is 2.51 bits per heavy atom. The number of halogens is 1. The van der Waals surface area contributed by atoms with Crippen LogP contribution < -0.4 is 9.64 Å². The molecule has 9 nitrogen and oxygen atoms in total. The number of alkyl halides is 1. The predicted octanol–water partition coefficient (Wildman–Crippen LogP) is 5.91. The Balaban J connectivity index is 1.41. The van der Waals surface area contributed by atoms with Gasteiger partial charge in [-0.2, -0.15) is 5.10 Å². The monoisotopic (exact) mass is 542 g/mol. The van der Waals surface area contributed by atoms with Gasteiger partial charge in [0.2, 0.25) is 0 Å². The van der Waals surface area contributed by atoms with Gasteiger partial charge < -0.3 is 19.1 Å². The van der Waals surface area contributed by atoms with Gasteiger partial charge in [-0.25, -0.2) is 14.0 Å². The Labute approximate surface area is 229 Å². The van der Waals surface area contributed by atoms with Crippen LogP contribution in [0.15, 0.2) is 24.5 Å². The van der Waals surface area contributed by atoms with Gasteiger partial charge >= 0.3 is 12.2 Å². The molecule has 0 spiro atoms. The van der Waals surface area contributed by atoms with E-state index in [0.717, 1.165) is 60.2 Å². The number of carbonyl (C=O) groups excluding carboxylic acids is 2. The quantitative estimate of drug-likeness (QED) is 0.478. The summed E-state index contributed by atoms with van der Waals surface area (Å²) in [6.45, 7) is 7.77. The van der Waals surface area contributed by atoms with Crippen LogP contribution in [0.25, 0.3) is 11.1 Å². The first kappa shape index (κ1) is 27.3. The fourth-order valence-electron chi connectivity index (χ4n) is 5.54. The van der Waals surface area contributed by atoms with Gasteiger partial charge in [-0.1, -0.05) is 0 Å². The molecule has 10 heteroatoms. The molecule has 2 aromatic rings. The summed E-state index contributed by atoms with van der Waals surface area (Å²) in [7, 11) is 1.40. The minimum Gasteiger partial charge on any atom is -0.489 e. The molecule has 1 aliphatic carbocycles. The average molecular weight is 543 g/mol. The Kier molecular flexibility index (Phi) is 7.48. The molecule has 5 rings (SSSR count). The number of fused-ring (bicyclic) bond motifs is 1. The Hall–Kier alpha value is -3.30. The Bertz CT molecular complexity index is 1220. The van der Waals surface area contributed by atoms with Crippen LogP contribution in [0.5, 0.6) is 5.75 Å². The maximum Gasteiger partial charge on any atom is 0.414 e. The number of rotatable bonds is 4. The van der Waals surface area contributed by atoms with Crippen molar-refractivity contribution >= 4 is 17.9 Å². The number of hydrogen-bond acceptors (Lipinski definition) is 6. The molecule has 1 aromatic heterocycles. The first-order valence-electron chi connectivity index (χ1n) is 13.9. The van der Waals surface area contributed by atoms with Crippen LogP contribution in [0.2, 0.25) is 0 Å². The molecule has 0 unspecified atom stereocenters. The van der Waals surface area contributed by atoms with E-state index in [1.165, 1.54) is 12.0 Å². The lowest BCUT2D eigenvalue weighted by atomic mass is 9.91. The van der Waals surface area contributed by atoms with Crippen molar-refractivity contribution in [3.8, 4) is 16.9 Å². The Morgan fingerprint density at radius 1 is 1.10 bits per heavy atom. The maximum absolute atomic E-state index is 15.3. The van der Waals surface area contributed by atoms with Crippen LogP contribution in [-0.2, 0) is 15.9 Å². The molecule has 3 heterocycles. The summed E-state index contributed by atoms with van der Waals surface area (Å²) < 4.78 is 34.0. The van der Waals surface area contributed by atoms with Crippen molar-refractivity contribution in [1.29, 1.82) is 0 Å². The molecule has 1 saturated carbocycles. The minimum atomic E-state index is -1.27. The number of likely N-dealkylation sites (tertiary alicyclic amines) is 1. The zero-order chi connectivity index (χ0) is 27.9. The maximum atomic E-state index is 15.3. The van der Waals surface area contributed by atoms with E-state index in [2.05, 4.69) is 5.10 Å². The number of amides is 2. The second-order valence-corrected chi connectivity index (χ2v) is 11.8. The summed E-state index contributed by atoms with van der Waals surface area (Å²) in [5, 5.41) is 4.53. The highest BCUT2D eigenvalue weighted by molar-refractivity contribution is 5.92. The van der Waals surface area contributed by atoms with Gasteiger partial charge in [0, 0.05) is 35.5 Å². The highest BCUT2D eigenvalue weighted by Crippen LogP contribution is 2.45. The van der Waals surface area contributed by atoms with Crippen LogP contribution in [0.1, 0.15) is 71.4 Å². The molecule has 0 bridgehead atoms. The zero-order valence-corrected chi connectivity index (χ0v) is 23.5. The van der Waals surface area contributed by atoms with Gasteiger partial charge in [-0.15, -0.1) is 0 Å². The molecule has 39 heavy (non-hydrogen) atoms. The van der Waals surface area contributed by atoms with Gasteiger partial charge in [-0.05, 0) is 78.4 Å². The van der Waals surface area contributed by atoms with Crippen LogP contribution in [0, 0.1) is 0 Å². The second kappa shape index (κ2) is 10.7. The summed E-state index contributed by atoms with van der Waals surface area (Å²) in [6.07, 6.45) is 6.74. The SMILES string of the molecule is COC(=O)N1c2ccc(-c3cnn([C@@H]4CCN(C(=O)OC(C)(C)C)C[C@@H]4F)c3)c(OC3CCC3)c2CC[C@@H]1C. The van der Waals surface area contributed by atoms with Gasteiger partial charge in [0.1, 0.15) is 17.5 Å². The number of nitrogens with zero attached hydrogens (tertiary/aromatic N) is 4. The lowest BCUT2D eigenvalue weighted by Gasteiger charge is -2.37. The van der Waals surface area contributed by atoms with E-state index in [4.69, 9.17) is 14.2 Å². The van der Waals surface area contributed by atoms with Crippen LogP contribution in [0.3, 0.4) is 0 Å². The fourth-order valence-corrected chi connectivity index (χ4v) is 5.54. The molecule has 212 valence electrons. The number of carbonyl (C=O) groups is 2. The highest BCUT2D eigenvalue weighted by Gasteiger charge is 2.36. The number of aromatic nitrogens is 2. The van der Waals surface area contributed by atoms with Gasteiger partial charge in [-0.3, -0.25) is 9.58 Å². The third-order valence-corrected chi connectivity index (χ3v) is 7.87. The van der Waals surface area contributed by atoms with Crippen molar-refractivity contribution in [3.05, 3.63) is 30.1 Å². The number of piperidine rings is 1. The average Bonchev–Trinajstić information content (AvgIpc) is 3.34. The van der Waals surface area contributed by atoms with E-state index < -0.39 is 23.9 Å². The molecule has 2 aliphatic heterocycles. The standard InChI is InChI=1S/C29H39FN4O5/c1-18-9-10-22-24(34(18)28(36)37-5)12-11-21(26(22)38-20-7-6-8-20)19-15-31-33(16-19)25-13-14-32(17-23(25)30)27(35)39-29(2,3)4/h11-12,15-16,18,20,23,25H,6-10,13-14,17H2,1-5H3/t18-,23-,25+/m0/s1. The van der Waals surface area contributed by atoms with E-state index in [0.29, 0.717) is 13.0 Å². The van der Waals surface area contributed by atoms with Crippen molar-refractivity contribution in [1.82, 2.24) is 14.7 Å². The zero-order valence-electron chi connectivity index (χ0n) is 23.5. The predicted molar refractivity (Wildman–Crippen MR) is 145 cm³/mol. The van der Waals surface area contributed by atoms with Gasteiger partial charge in [0.05, 0.1) is 37.7 Å². The topological polar surface area (TPSA) is 86.1 Å². The molecule has 1 aromatic carbocycles. The van der Waals surface area contributed by atoms with Crippen molar-refractivity contribution in [2.75, 3.05) is 25.1 Å². The van der Waals surface area contributed by atoms with E-state index >= 15 is 4.39 Å². The van der Waals surface area contributed by atoms with Crippen molar-refractivity contribution in [2.24, 2.45) is 0 Å². The van der Waals surface area contributed by atoms with E-state index in [1.807, 2.05) is 25.3 Å². The summed E-state index contributed by atoms with van der Waals surface area (Å²) in [5.74, 6) is 0.772. The smallest absolute Gasteiger partial charge is 0.414 e. The first-order valence-corrected chi connectivity index (χ1v) is 13.9. The van der Waals surface area contributed by atoms with Crippen LogP contribution in [-0.4, -0.2) is 71.0 Å². The van der Waals surface area contributed by atoms with E-state index in [1.54, 1.807) is 36.5 Å². The van der Waals surface area contributed by atoms with E-state index in [9.17, 15) is 9.59 Å². The summed E-state index contributed by atoms with van der Waals surface area (Å²) in [6, 6.07) is 3.43. The van der Waals surface area contributed by atoms with Crippen LogP contribution >= 0.6 is 0 Å². The molecular formula is C29H39FN4O5. The molecule has 3 atom stereocenters. The fraction of sp³-hybridized carbons (Fsp3) is 0.621. The number of ether oxygens (including phenoxy) is 3. The molecule has 3 aliphatic rings. The minimum absolute atomic E-state index is 0.0168. The van der Waals surface area contributed by atoms with Gasteiger partial charge in [0.25, 0.3) is 0 Å². The van der Waals surface area contributed by atoms with Crippen molar-refractivity contribution in [3.63, 3.8) is 0 Å². The first-order chi connectivity index (χ1) is 18.6. The number of hydrogen-bond donors (Lipinski definition) is 0.